The summed E-state index contributed by atoms with van der Waals surface area (Å²) in [5, 5.41) is 2.40. The van der Waals surface area contributed by atoms with Crippen molar-refractivity contribution in [2.45, 2.75) is 32.6 Å². The SMILES string of the molecule is COC(=O)N[C@@H](COCc1ccccc1)C(=O)OC(C)C. The number of carbonyl (C=O) groups is 2. The Morgan fingerprint density at radius 1 is 1.19 bits per heavy atom. The molecule has 0 fully saturated rings. The van der Waals surface area contributed by atoms with Crippen molar-refractivity contribution in [1.29, 1.82) is 0 Å². The van der Waals surface area contributed by atoms with E-state index < -0.39 is 18.1 Å². The molecular weight excluding hydrogens is 274 g/mol. The maximum atomic E-state index is 11.9. The predicted octanol–water partition coefficient (Wildman–Crippen LogP) is 1.88. The van der Waals surface area contributed by atoms with Crippen molar-refractivity contribution < 1.29 is 23.8 Å². The van der Waals surface area contributed by atoms with Crippen LogP contribution in [0.5, 0.6) is 0 Å². The predicted molar refractivity (Wildman–Crippen MR) is 76.7 cm³/mol. The Hall–Kier alpha value is -2.08. The summed E-state index contributed by atoms with van der Waals surface area (Å²) in [6.45, 7) is 3.82. The molecule has 0 unspecified atom stereocenters. The number of ether oxygens (including phenoxy) is 3. The normalized spacial score (nSPS) is 11.8. The van der Waals surface area contributed by atoms with Gasteiger partial charge in [0.2, 0.25) is 0 Å². The van der Waals surface area contributed by atoms with Gasteiger partial charge in [0, 0.05) is 0 Å². The molecule has 0 heterocycles. The van der Waals surface area contributed by atoms with E-state index in [2.05, 4.69) is 10.1 Å². The molecule has 21 heavy (non-hydrogen) atoms. The second-order valence-electron chi connectivity index (χ2n) is 4.67. The molecule has 0 bridgehead atoms. The minimum absolute atomic E-state index is 0.00947. The van der Waals surface area contributed by atoms with Gasteiger partial charge in [0.05, 0.1) is 26.4 Å². The number of amides is 1. The highest BCUT2D eigenvalue weighted by atomic mass is 16.6. The number of alkyl carbamates (subject to hydrolysis) is 1. The fraction of sp³-hybridized carbons (Fsp3) is 0.467. The third-order valence-electron chi connectivity index (χ3n) is 2.51. The number of benzene rings is 1. The zero-order valence-electron chi connectivity index (χ0n) is 12.5. The first-order valence-electron chi connectivity index (χ1n) is 6.69. The van der Waals surface area contributed by atoms with Gasteiger partial charge in [0.15, 0.2) is 6.04 Å². The van der Waals surface area contributed by atoms with Gasteiger partial charge in [0.25, 0.3) is 0 Å². The van der Waals surface area contributed by atoms with Gasteiger partial charge in [-0.25, -0.2) is 9.59 Å². The summed E-state index contributed by atoms with van der Waals surface area (Å²) < 4.78 is 15.0. The molecule has 1 amide bonds. The van der Waals surface area contributed by atoms with E-state index in [9.17, 15) is 9.59 Å². The summed E-state index contributed by atoms with van der Waals surface area (Å²) in [7, 11) is 1.23. The zero-order chi connectivity index (χ0) is 15.7. The Kier molecular flexibility index (Phi) is 7.25. The first-order chi connectivity index (χ1) is 10.0. The second-order valence-corrected chi connectivity index (χ2v) is 4.67. The molecule has 1 atom stereocenters. The average molecular weight is 295 g/mol. The first-order valence-corrected chi connectivity index (χ1v) is 6.69. The molecule has 116 valence electrons. The summed E-state index contributed by atoms with van der Waals surface area (Å²) in [6, 6.07) is 8.63. The van der Waals surface area contributed by atoms with Crippen molar-refractivity contribution in [3.63, 3.8) is 0 Å². The number of hydrogen-bond acceptors (Lipinski definition) is 5. The Morgan fingerprint density at radius 2 is 1.86 bits per heavy atom. The van der Waals surface area contributed by atoms with Crippen molar-refractivity contribution >= 4 is 12.1 Å². The molecule has 0 saturated heterocycles. The monoisotopic (exact) mass is 295 g/mol. The number of esters is 1. The largest absolute Gasteiger partial charge is 0.461 e. The van der Waals surface area contributed by atoms with Crippen LogP contribution in [0.1, 0.15) is 19.4 Å². The van der Waals surface area contributed by atoms with Gasteiger partial charge >= 0.3 is 12.1 Å². The van der Waals surface area contributed by atoms with Crippen molar-refractivity contribution in [2.24, 2.45) is 0 Å². The molecule has 1 aromatic rings. The zero-order valence-corrected chi connectivity index (χ0v) is 12.5. The van der Waals surface area contributed by atoms with Crippen molar-refractivity contribution in [3.05, 3.63) is 35.9 Å². The van der Waals surface area contributed by atoms with Crippen LogP contribution in [-0.2, 0) is 25.6 Å². The summed E-state index contributed by atoms with van der Waals surface area (Å²) in [5.74, 6) is -0.552. The summed E-state index contributed by atoms with van der Waals surface area (Å²) in [6.07, 6.45) is -0.974. The molecule has 1 aromatic carbocycles. The lowest BCUT2D eigenvalue weighted by Crippen LogP contribution is -2.45. The highest BCUT2D eigenvalue weighted by Gasteiger charge is 2.23. The molecule has 1 rings (SSSR count). The fourth-order valence-corrected chi connectivity index (χ4v) is 1.55. The number of rotatable bonds is 7. The summed E-state index contributed by atoms with van der Waals surface area (Å²) >= 11 is 0. The summed E-state index contributed by atoms with van der Waals surface area (Å²) in [5.41, 5.74) is 0.978. The topological polar surface area (TPSA) is 73.9 Å². The van der Waals surface area contributed by atoms with Crippen molar-refractivity contribution in [2.75, 3.05) is 13.7 Å². The average Bonchev–Trinajstić information content (AvgIpc) is 2.46. The first kappa shape index (κ1) is 17.0. The van der Waals surface area contributed by atoms with Crippen LogP contribution in [0.25, 0.3) is 0 Å². The second kappa shape index (κ2) is 8.97. The molecule has 0 radical (unpaired) electrons. The van der Waals surface area contributed by atoms with E-state index in [4.69, 9.17) is 9.47 Å². The van der Waals surface area contributed by atoms with Crippen LogP contribution < -0.4 is 5.32 Å². The van der Waals surface area contributed by atoms with E-state index >= 15 is 0 Å². The quantitative estimate of drug-likeness (QED) is 0.777. The molecule has 0 aliphatic heterocycles. The van der Waals surface area contributed by atoms with Gasteiger partial charge in [-0.15, -0.1) is 0 Å². The Labute approximate surface area is 124 Å². The lowest BCUT2D eigenvalue weighted by atomic mass is 10.2. The van der Waals surface area contributed by atoms with Gasteiger partial charge in [-0.1, -0.05) is 30.3 Å². The van der Waals surface area contributed by atoms with E-state index in [1.807, 2.05) is 30.3 Å². The molecule has 0 aliphatic rings. The lowest BCUT2D eigenvalue weighted by Gasteiger charge is -2.18. The minimum atomic E-state index is -0.899. The van der Waals surface area contributed by atoms with E-state index in [-0.39, 0.29) is 12.7 Å². The van der Waals surface area contributed by atoms with Gasteiger partial charge in [0.1, 0.15) is 0 Å². The van der Waals surface area contributed by atoms with Crippen LogP contribution in [0.4, 0.5) is 4.79 Å². The van der Waals surface area contributed by atoms with Gasteiger partial charge < -0.3 is 19.5 Å². The molecule has 6 heteroatoms. The van der Waals surface area contributed by atoms with Gasteiger partial charge in [-0.2, -0.15) is 0 Å². The van der Waals surface area contributed by atoms with E-state index in [1.165, 1.54) is 7.11 Å². The Morgan fingerprint density at radius 3 is 2.43 bits per heavy atom. The Bertz CT molecular complexity index is 447. The van der Waals surface area contributed by atoms with E-state index in [0.717, 1.165) is 5.56 Å². The van der Waals surface area contributed by atoms with E-state index in [1.54, 1.807) is 13.8 Å². The van der Waals surface area contributed by atoms with Gasteiger partial charge in [-0.05, 0) is 19.4 Å². The third-order valence-corrected chi connectivity index (χ3v) is 2.51. The molecule has 6 nitrogen and oxygen atoms in total. The lowest BCUT2D eigenvalue weighted by molar-refractivity contribution is -0.151. The number of carbonyl (C=O) groups excluding carboxylic acids is 2. The maximum absolute atomic E-state index is 11.9. The van der Waals surface area contributed by atoms with Crippen molar-refractivity contribution in [3.8, 4) is 0 Å². The van der Waals surface area contributed by atoms with Crippen LogP contribution in [-0.4, -0.2) is 37.9 Å². The highest BCUT2D eigenvalue weighted by molar-refractivity contribution is 5.81. The maximum Gasteiger partial charge on any atom is 0.407 e. The standard InChI is InChI=1S/C15H21NO5/c1-11(2)21-14(17)13(16-15(18)19-3)10-20-9-12-7-5-4-6-8-12/h4-8,11,13H,9-10H2,1-3H3,(H,16,18)/t13-/m0/s1. The molecule has 1 N–H and O–H groups in total. The molecule has 0 saturated carbocycles. The van der Waals surface area contributed by atoms with Gasteiger partial charge in [-0.3, -0.25) is 0 Å². The fourth-order valence-electron chi connectivity index (χ4n) is 1.55. The van der Waals surface area contributed by atoms with Crippen LogP contribution in [0.15, 0.2) is 30.3 Å². The number of methoxy groups -OCH3 is 1. The summed E-state index contributed by atoms with van der Waals surface area (Å²) in [4.78, 5) is 23.1. The Balaban J connectivity index is 2.51. The van der Waals surface area contributed by atoms with Crippen LogP contribution in [0.2, 0.25) is 0 Å². The highest BCUT2D eigenvalue weighted by Crippen LogP contribution is 2.03. The minimum Gasteiger partial charge on any atom is -0.461 e. The van der Waals surface area contributed by atoms with Crippen LogP contribution in [0, 0.1) is 0 Å². The van der Waals surface area contributed by atoms with E-state index in [0.29, 0.717) is 6.61 Å². The number of hydrogen-bond donors (Lipinski definition) is 1. The molecule has 0 aromatic heterocycles. The van der Waals surface area contributed by atoms with Crippen LogP contribution >= 0.6 is 0 Å². The van der Waals surface area contributed by atoms with Crippen molar-refractivity contribution in [1.82, 2.24) is 5.32 Å². The van der Waals surface area contributed by atoms with Crippen LogP contribution in [0.3, 0.4) is 0 Å². The molecule has 0 spiro atoms. The smallest absolute Gasteiger partial charge is 0.407 e. The molecular formula is C15H21NO5. The molecule has 0 aliphatic carbocycles. The number of nitrogens with one attached hydrogen (secondary N) is 1. The third kappa shape index (κ3) is 6.76.